The molecule has 0 radical (unpaired) electrons. The lowest BCUT2D eigenvalue weighted by Gasteiger charge is -2.16. The van der Waals surface area contributed by atoms with Crippen LogP contribution >= 0.6 is 12.4 Å². The Morgan fingerprint density at radius 2 is 2.10 bits per heavy atom. The fraction of sp³-hybridized carbons (Fsp3) is 0.500. The number of halogens is 2. The minimum atomic E-state index is -0.375. The molecule has 0 spiro atoms. The van der Waals surface area contributed by atoms with E-state index < -0.39 is 0 Å². The molecule has 1 amide bonds. The maximum atomic E-state index is 13.2. The van der Waals surface area contributed by atoms with E-state index in [1.54, 1.807) is 30.1 Å². The molecule has 0 aliphatic carbocycles. The van der Waals surface area contributed by atoms with Gasteiger partial charge in [0.15, 0.2) is 11.6 Å². The molecule has 0 bridgehead atoms. The van der Waals surface area contributed by atoms with Crippen LogP contribution in [0.1, 0.15) is 12.8 Å². The minimum Gasteiger partial charge on any atom is -0.491 e. The molecule has 0 unspecified atom stereocenters. The van der Waals surface area contributed by atoms with Crippen molar-refractivity contribution in [3.63, 3.8) is 0 Å². The molecular weight excluding hydrogens is 283 g/mol. The van der Waals surface area contributed by atoms with Crippen LogP contribution in [0.3, 0.4) is 0 Å². The van der Waals surface area contributed by atoms with Gasteiger partial charge in [-0.05, 0) is 25.6 Å². The Balaban J connectivity index is 0.00000361. The Morgan fingerprint density at radius 1 is 1.40 bits per heavy atom. The molecule has 0 aliphatic rings. The number of rotatable bonds is 8. The number of nitrogens with one attached hydrogen (secondary N) is 1. The van der Waals surface area contributed by atoms with E-state index in [4.69, 9.17) is 4.74 Å². The molecule has 0 saturated heterocycles. The molecule has 114 valence electrons. The van der Waals surface area contributed by atoms with Crippen molar-refractivity contribution in [3.8, 4) is 5.75 Å². The number of nitrogens with zero attached hydrogens (tertiary/aromatic N) is 1. The molecule has 1 N–H and O–H groups in total. The summed E-state index contributed by atoms with van der Waals surface area (Å²) in [5.74, 6) is -0.0640. The highest BCUT2D eigenvalue weighted by atomic mass is 35.5. The zero-order valence-electron chi connectivity index (χ0n) is 11.9. The summed E-state index contributed by atoms with van der Waals surface area (Å²) in [5.41, 5.74) is 0. The van der Waals surface area contributed by atoms with Gasteiger partial charge in [0.05, 0.1) is 6.61 Å². The van der Waals surface area contributed by atoms with Gasteiger partial charge in [0.1, 0.15) is 0 Å². The van der Waals surface area contributed by atoms with E-state index in [0.717, 1.165) is 6.54 Å². The summed E-state index contributed by atoms with van der Waals surface area (Å²) in [6.45, 7) is 1.80. The quantitative estimate of drug-likeness (QED) is 0.748. The second kappa shape index (κ2) is 10.5. The minimum absolute atomic E-state index is 0. The SMILES string of the molecule is CNCCN(C)C(=O)CCCOc1ccccc1F.Cl. The highest BCUT2D eigenvalue weighted by Gasteiger charge is 2.08. The van der Waals surface area contributed by atoms with Crippen LogP contribution in [-0.4, -0.2) is 44.6 Å². The van der Waals surface area contributed by atoms with Crippen LogP contribution < -0.4 is 10.1 Å². The summed E-state index contributed by atoms with van der Waals surface area (Å²) >= 11 is 0. The summed E-state index contributed by atoms with van der Waals surface area (Å²) in [6, 6.07) is 6.26. The maximum absolute atomic E-state index is 13.2. The summed E-state index contributed by atoms with van der Waals surface area (Å²) in [4.78, 5) is 13.4. The maximum Gasteiger partial charge on any atom is 0.222 e. The average molecular weight is 305 g/mol. The van der Waals surface area contributed by atoms with Gasteiger partial charge in [-0.25, -0.2) is 4.39 Å². The molecule has 1 aromatic carbocycles. The number of carbonyl (C=O) groups excluding carboxylic acids is 1. The Kier molecular flexibility index (Phi) is 9.76. The standard InChI is InChI=1S/C14H21FN2O2.ClH/c1-16-9-10-17(2)14(18)8-5-11-19-13-7-4-3-6-12(13)15;/h3-4,6-7,16H,5,8-11H2,1-2H3;1H. The number of hydrogen-bond acceptors (Lipinski definition) is 3. The molecule has 0 aromatic heterocycles. The average Bonchev–Trinajstić information content (AvgIpc) is 2.42. The Labute approximate surface area is 125 Å². The van der Waals surface area contributed by atoms with Crippen molar-refractivity contribution in [2.75, 3.05) is 33.8 Å². The molecule has 1 rings (SSSR count). The molecule has 6 heteroatoms. The van der Waals surface area contributed by atoms with Gasteiger partial charge in [0, 0.05) is 26.6 Å². The molecule has 20 heavy (non-hydrogen) atoms. The number of ether oxygens (including phenoxy) is 1. The molecule has 0 aliphatic heterocycles. The summed E-state index contributed by atoms with van der Waals surface area (Å²) in [5, 5.41) is 2.99. The predicted molar refractivity (Wildman–Crippen MR) is 79.9 cm³/mol. The lowest BCUT2D eigenvalue weighted by Crippen LogP contribution is -2.32. The van der Waals surface area contributed by atoms with Crippen LogP contribution in [0.25, 0.3) is 0 Å². The smallest absolute Gasteiger partial charge is 0.222 e. The number of carbonyl (C=O) groups is 1. The topological polar surface area (TPSA) is 41.6 Å². The third kappa shape index (κ3) is 6.73. The molecule has 1 aromatic rings. The number of para-hydroxylation sites is 1. The van der Waals surface area contributed by atoms with E-state index in [2.05, 4.69) is 5.32 Å². The zero-order chi connectivity index (χ0) is 14.1. The molecule has 0 atom stereocenters. The van der Waals surface area contributed by atoms with Gasteiger partial charge in [-0.1, -0.05) is 12.1 Å². The third-order valence-electron chi connectivity index (χ3n) is 2.75. The van der Waals surface area contributed by atoms with Crippen molar-refractivity contribution in [2.24, 2.45) is 0 Å². The van der Waals surface area contributed by atoms with Crippen molar-refractivity contribution in [2.45, 2.75) is 12.8 Å². The first-order valence-corrected chi connectivity index (χ1v) is 6.41. The summed E-state index contributed by atoms with van der Waals surface area (Å²) in [7, 11) is 3.62. The van der Waals surface area contributed by atoms with Crippen LogP contribution in [0.15, 0.2) is 24.3 Å². The molecule has 0 fully saturated rings. The van der Waals surface area contributed by atoms with Gasteiger partial charge in [-0.2, -0.15) is 0 Å². The van der Waals surface area contributed by atoms with E-state index in [1.165, 1.54) is 6.07 Å². The molecule has 4 nitrogen and oxygen atoms in total. The van der Waals surface area contributed by atoms with Gasteiger partial charge in [0.25, 0.3) is 0 Å². The molecular formula is C14H22ClFN2O2. The third-order valence-corrected chi connectivity index (χ3v) is 2.75. The van der Waals surface area contributed by atoms with Crippen molar-refractivity contribution in [3.05, 3.63) is 30.1 Å². The lowest BCUT2D eigenvalue weighted by atomic mass is 10.3. The predicted octanol–water partition coefficient (Wildman–Crippen LogP) is 2.08. The van der Waals surface area contributed by atoms with Gasteiger partial charge >= 0.3 is 0 Å². The second-order valence-corrected chi connectivity index (χ2v) is 4.30. The number of likely N-dealkylation sites (N-methyl/N-ethyl adjacent to an activating group) is 2. The van der Waals surface area contributed by atoms with E-state index in [9.17, 15) is 9.18 Å². The first-order valence-electron chi connectivity index (χ1n) is 6.41. The Hall–Kier alpha value is -1.33. The number of hydrogen-bond donors (Lipinski definition) is 1. The van der Waals surface area contributed by atoms with E-state index in [0.29, 0.717) is 26.0 Å². The summed E-state index contributed by atoms with van der Waals surface area (Å²) in [6.07, 6.45) is 0.992. The number of benzene rings is 1. The van der Waals surface area contributed by atoms with Crippen molar-refractivity contribution >= 4 is 18.3 Å². The van der Waals surface area contributed by atoms with Gasteiger partial charge in [-0.15, -0.1) is 12.4 Å². The number of amides is 1. The van der Waals surface area contributed by atoms with E-state index >= 15 is 0 Å². The van der Waals surface area contributed by atoms with E-state index in [1.807, 2.05) is 7.05 Å². The first-order chi connectivity index (χ1) is 9.15. The van der Waals surface area contributed by atoms with Crippen molar-refractivity contribution in [1.29, 1.82) is 0 Å². The summed E-state index contributed by atoms with van der Waals surface area (Å²) < 4.78 is 18.5. The van der Waals surface area contributed by atoms with Gasteiger partial charge in [-0.3, -0.25) is 4.79 Å². The van der Waals surface area contributed by atoms with Crippen LogP contribution in [-0.2, 0) is 4.79 Å². The Morgan fingerprint density at radius 3 is 2.75 bits per heavy atom. The van der Waals surface area contributed by atoms with Crippen LogP contribution in [0.2, 0.25) is 0 Å². The van der Waals surface area contributed by atoms with Gasteiger partial charge < -0.3 is 15.0 Å². The van der Waals surface area contributed by atoms with Crippen LogP contribution in [0, 0.1) is 5.82 Å². The Bertz CT molecular complexity index is 405. The molecule has 0 heterocycles. The highest BCUT2D eigenvalue weighted by molar-refractivity contribution is 5.85. The highest BCUT2D eigenvalue weighted by Crippen LogP contribution is 2.15. The van der Waals surface area contributed by atoms with Crippen LogP contribution in [0.5, 0.6) is 5.75 Å². The van der Waals surface area contributed by atoms with Gasteiger partial charge in [0.2, 0.25) is 5.91 Å². The second-order valence-electron chi connectivity index (χ2n) is 4.30. The molecule has 0 saturated carbocycles. The normalized spacial score (nSPS) is 9.75. The first kappa shape index (κ1) is 18.7. The van der Waals surface area contributed by atoms with Crippen molar-refractivity contribution in [1.82, 2.24) is 10.2 Å². The van der Waals surface area contributed by atoms with E-state index in [-0.39, 0.29) is 29.9 Å². The fourth-order valence-electron chi connectivity index (χ4n) is 1.56. The lowest BCUT2D eigenvalue weighted by molar-refractivity contribution is -0.130. The monoisotopic (exact) mass is 304 g/mol. The fourth-order valence-corrected chi connectivity index (χ4v) is 1.56. The van der Waals surface area contributed by atoms with Crippen molar-refractivity contribution < 1.29 is 13.9 Å². The van der Waals surface area contributed by atoms with Crippen LogP contribution in [0.4, 0.5) is 4.39 Å². The zero-order valence-corrected chi connectivity index (χ0v) is 12.7. The largest absolute Gasteiger partial charge is 0.491 e.